The molecule has 0 radical (unpaired) electrons. The summed E-state index contributed by atoms with van der Waals surface area (Å²) in [4.78, 5) is 12.2. The second-order valence-electron chi connectivity index (χ2n) is 6.08. The Morgan fingerprint density at radius 1 is 0.958 bits per heavy atom. The highest BCUT2D eigenvalue weighted by atomic mass is 32.2. The van der Waals surface area contributed by atoms with Crippen molar-refractivity contribution >= 4 is 29.5 Å². The van der Waals surface area contributed by atoms with E-state index in [2.05, 4.69) is 48.5 Å². The lowest BCUT2D eigenvalue weighted by Crippen LogP contribution is -2.25. The van der Waals surface area contributed by atoms with Crippen LogP contribution in [-0.2, 0) is 4.79 Å². The molecule has 2 atom stereocenters. The normalized spacial score (nSPS) is 20.7. The van der Waals surface area contributed by atoms with Gasteiger partial charge >= 0.3 is 5.97 Å². The predicted octanol–water partition coefficient (Wildman–Crippen LogP) is 5.57. The molecular formula is C20H22O2S2. The first-order chi connectivity index (χ1) is 11.7. The number of benzene rings is 2. The topological polar surface area (TPSA) is 37.3 Å². The van der Waals surface area contributed by atoms with E-state index >= 15 is 0 Å². The van der Waals surface area contributed by atoms with Crippen molar-refractivity contribution in [2.45, 2.75) is 41.1 Å². The van der Waals surface area contributed by atoms with Crippen molar-refractivity contribution in [3.05, 3.63) is 54.6 Å². The van der Waals surface area contributed by atoms with E-state index in [-0.39, 0.29) is 5.75 Å². The molecule has 0 amide bonds. The van der Waals surface area contributed by atoms with Gasteiger partial charge in [0.2, 0.25) is 0 Å². The molecule has 1 fully saturated rings. The molecule has 2 aromatic rings. The Morgan fingerprint density at radius 3 is 2.42 bits per heavy atom. The van der Waals surface area contributed by atoms with Crippen LogP contribution in [0, 0.1) is 0 Å². The largest absolute Gasteiger partial charge is 0.481 e. The Balaban J connectivity index is 1.71. The fourth-order valence-electron chi connectivity index (χ4n) is 3.12. The van der Waals surface area contributed by atoms with Crippen LogP contribution in [0.1, 0.15) is 25.7 Å². The van der Waals surface area contributed by atoms with E-state index in [9.17, 15) is 4.79 Å². The van der Waals surface area contributed by atoms with Crippen LogP contribution >= 0.6 is 23.5 Å². The number of carbonyl (C=O) groups is 1. The van der Waals surface area contributed by atoms with Crippen LogP contribution in [0.15, 0.2) is 59.5 Å². The lowest BCUT2D eigenvalue weighted by Gasteiger charge is -2.30. The Morgan fingerprint density at radius 2 is 1.67 bits per heavy atom. The summed E-state index contributed by atoms with van der Waals surface area (Å²) in [5.41, 5.74) is 2.48. The maximum absolute atomic E-state index is 10.9. The van der Waals surface area contributed by atoms with E-state index in [1.54, 1.807) is 11.8 Å². The van der Waals surface area contributed by atoms with Crippen molar-refractivity contribution in [3.63, 3.8) is 0 Å². The number of carboxylic acid groups (broad SMARTS) is 1. The van der Waals surface area contributed by atoms with Crippen molar-refractivity contribution in [2.24, 2.45) is 0 Å². The van der Waals surface area contributed by atoms with Crippen molar-refractivity contribution in [2.75, 3.05) is 5.75 Å². The molecule has 3 rings (SSSR count). The zero-order valence-corrected chi connectivity index (χ0v) is 15.2. The second kappa shape index (κ2) is 8.63. The fourth-order valence-corrected chi connectivity index (χ4v) is 5.84. The van der Waals surface area contributed by atoms with Crippen molar-refractivity contribution in [1.82, 2.24) is 0 Å². The summed E-state index contributed by atoms with van der Waals surface area (Å²) in [6.07, 6.45) is 4.78. The van der Waals surface area contributed by atoms with Gasteiger partial charge in [0.25, 0.3) is 0 Å². The van der Waals surface area contributed by atoms with Gasteiger partial charge in [-0.3, -0.25) is 4.79 Å². The predicted molar refractivity (Wildman–Crippen MR) is 104 cm³/mol. The van der Waals surface area contributed by atoms with Crippen LogP contribution in [0.2, 0.25) is 0 Å². The van der Waals surface area contributed by atoms with Gasteiger partial charge in [0.1, 0.15) is 0 Å². The molecule has 1 saturated carbocycles. The quantitative estimate of drug-likeness (QED) is 0.732. The van der Waals surface area contributed by atoms with E-state index in [1.807, 2.05) is 17.8 Å². The molecule has 4 heteroatoms. The average Bonchev–Trinajstić information content (AvgIpc) is 2.62. The molecule has 2 nitrogen and oxygen atoms in total. The van der Waals surface area contributed by atoms with Gasteiger partial charge in [0, 0.05) is 15.4 Å². The highest BCUT2D eigenvalue weighted by Gasteiger charge is 2.27. The molecule has 126 valence electrons. The Kier molecular flexibility index (Phi) is 6.27. The highest BCUT2D eigenvalue weighted by Crippen LogP contribution is 2.40. The van der Waals surface area contributed by atoms with Crippen molar-refractivity contribution in [1.29, 1.82) is 0 Å². The Hall–Kier alpha value is -1.39. The maximum Gasteiger partial charge on any atom is 0.313 e. The fraction of sp³-hybridized carbons (Fsp3) is 0.350. The first kappa shape index (κ1) is 17.4. The van der Waals surface area contributed by atoms with Gasteiger partial charge in [-0.1, -0.05) is 55.3 Å². The lowest BCUT2D eigenvalue weighted by atomic mass is 10.00. The van der Waals surface area contributed by atoms with Gasteiger partial charge < -0.3 is 5.11 Å². The van der Waals surface area contributed by atoms with Gasteiger partial charge in [-0.25, -0.2) is 0 Å². The first-order valence-electron chi connectivity index (χ1n) is 8.38. The van der Waals surface area contributed by atoms with Crippen LogP contribution in [0.3, 0.4) is 0 Å². The van der Waals surface area contributed by atoms with E-state index < -0.39 is 5.97 Å². The van der Waals surface area contributed by atoms with E-state index in [4.69, 9.17) is 5.11 Å². The summed E-state index contributed by atoms with van der Waals surface area (Å²) in [6, 6.07) is 19.1. The molecule has 0 unspecified atom stereocenters. The van der Waals surface area contributed by atoms with Gasteiger partial charge in [-0.05, 0) is 36.1 Å². The molecule has 0 bridgehead atoms. The zero-order valence-electron chi connectivity index (χ0n) is 13.6. The van der Waals surface area contributed by atoms with E-state index in [0.29, 0.717) is 10.5 Å². The molecule has 1 aliphatic carbocycles. The number of rotatable bonds is 6. The monoisotopic (exact) mass is 358 g/mol. The average molecular weight is 359 g/mol. The summed E-state index contributed by atoms with van der Waals surface area (Å²) in [5, 5.41) is 9.91. The second-order valence-corrected chi connectivity index (χ2v) is 8.62. The number of thioether (sulfide) groups is 2. The van der Waals surface area contributed by atoms with Crippen LogP contribution in [0.4, 0.5) is 0 Å². The summed E-state index contributed by atoms with van der Waals surface area (Å²) < 4.78 is 0. The van der Waals surface area contributed by atoms with Gasteiger partial charge in [-0.2, -0.15) is 0 Å². The summed E-state index contributed by atoms with van der Waals surface area (Å²) in [7, 11) is 0. The SMILES string of the molecule is O=C(O)CS[C@@H]1CCCC[C@H]1Sc1cccc(-c2ccccc2)c1. The minimum Gasteiger partial charge on any atom is -0.481 e. The maximum atomic E-state index is 10.9. The molecule has 0 saturated heterocycles. The van der Waals surface area contributed by atoms with Crippen LogP contribution in [0.5, 0.6) is 0 Å². The third-order valence-corrected chi connectivity index (χ3v) is 7.26. The minimum atomic E-state index is -0.708. The Labute approximate surface area is 152 Å². The highest BCUT2D eigenvalue weighted by molar-refractivity contribution is 8.04. The first-order valence-corrected chi connectivity index (χ1v) is 10.3. The molecule has 0 aliphatic heterocycles. The van der Waals surface area contributed by atoms with E-state index in [1.165, 1.54) is 35.3 Å². The van der Waals surface area contributed by atoms with Crippen molar-refractivity contribution in [3.8, 4) is 11.1 Å². The molecule has 1 N–H and O–H groups in total. The molecule has 2 aromatic carbocycles. The van der Waals surface area contributed by atoms with Crippen LogP contribution < -0.4 is 0 Å². The van der Waals surface area contributed by atoms with Crippen LogP contribution in [-0.4, -0.2) is 27.3 Å². The molecule has 0 heterocycles. The standard InChI is InChI=1S/C20H22O2S2/c21-20(22)14-23-18-11-4-5-12-19(18)24-17-10-6-9-16(13-17)15-7-2-1-3-8-15/h1-3,6-10,13,18-19H,4-5,11-12,14H2,(H,21,22)/t18-,19-/m1/s1. The summed E-state index contributed by atoms with van der Waals surface area (Å²) >= 11 is 3.53. The zero-order chi connectivity index (χ0) is 16.8. The van der Waals surface area contributed by atoms with Gasteiger partial charge in [0.05, 0.1) is 5.75 Å². The smallest absolute Gasteiger partial charge is 0.313 e. The number of carboxylic acids is 1. The van der Waals surface area contributed by atoms with Crippen molar-refractivity contribution < 1.29 is 9.90 Å². The summed E-state index contributed by atoms with van der Waals surface area (Å²) in [6.45, 7) is 0. The third kappa shape index (κ3) is 4.81. The molecule has 24 heavy (non-hydrogen) atoms. The Bertz CT molecular complexity index is 672. The minimum absolute atomic E-state index is 0.214. The number of hydrogen-bond acceptors (Lipinski definition) is 3. The number of aliphatic carboxylic acids is 1. The molecular weight excluding hydrogens is 336 g/mol. The number of hydrogen-bond donors (Lipinski definition) is 1. The molecule has 0 spiro atoms. The van der Waals surface area contributed by atoms with Crippen LogP contribution in [0.25, 0.3) is 11.1 Å². The lowest BCUT2D eigenvalue weighted by molar-refractivity contribution is -0.133. The summed E-state index contributed by atoms with van der Waals surface area (Å²) in [5.74, 6) is -0.494. The van der Waals surface area contributed by atoms with Gasteiger partial charge in [0.15, 0.2) is 0 Å². The third-order valence-electron chi connectivity index (χ3n) is 4.29. The molecule has 0 aromatic heterocycles. The van der Waals surface area contributed by atoms with Gasteiger partial charge in [-0.15, -0.1) is 23.5 Å². The molecule has 1 aliphatic rings. The van der Waals surface area contributed by atoms with E-state index in [0.717, 1.165) is 6.42 Å².